The van der Waals surface area contributed by atoms with Gasteiger partial charge in [0.25, 0.3) is 5.91 Å². The molecule has 34 heavy (non-hydrogen) atoms. The summed E-state index contributed by atoms with van der Waals surface area (Å²) >= 11 is 0. The Labute approximate surface area is 194 Å². The second-order valence-electron chi connectivity index (χ2n) is 8.67. The number of hydrogen-bond donors (Lipinski definition) is 2. The number of carbonyl (C=O) groups excluding carboxylic acids is 1. The van der Waals surface area contributed by atoms with Crippen molar-refractivity contribution in [2.75, 3.05) is 5.73 Å². The SMILES string of the molecule is Cc1cc(N)nc(C)c1CNC(=O)c1ccc2c(c1)c1oc2c2cc(Cc3cocn3)ccc21. The molecule has 0 unspecified atom stereocenters. The number of nitrogens with zero attached hydrogens (tertiary/aromatic N) is 2. The first-order chi connectivity index (χ1) is 16.5. The summed E-state index contributed by atoms with van der Waals surface area (Å²) in [5, 5.41) is 7.08. The number of benzene rings is 3. The Morgan fingerprint density at radius 1 is 1.00 bits per heavy atom. The molecule has 2 bridgehead atoms. The number of hydrogen-bond acceptors (Lipinski definition) is 6. The molecule has 4 heterocycles. The summed E-state index contributed by atoms with van der Waals surface area (Å²) in [7, 11) is 0. The zero-order chi connectivity index (χ0) is 23.4. The van der Waals surface area contributed by atoms with Gasteiger partial charge in [-0.25, -0.2) is 9.97 Å². The highest BCUT2D eigenvalue weighted by Gasteiger charge is 2.19. The standard InChI is InChI=1S/C27H22N4O3/c1-14-7-24(28)31-15(2)23(14)11-29-27(32)17-4-6-20-22(10-17)26-19-5-3-16(8-18-12-33-13-30-18)9-21(19)25(20)34-26/h3-7,9-10,12-13H,8,11H2,1-2H3,(H2,28,31)(H,29,32). The van der Waals surface area contributed by atoms with Gasteiger partial charge in [-0.1, -0.05) is 12.1 Å². The number of nitrogens with two attached hydrogens (primary N) is 1. The number of furan rings is 2. The Balaban J connectivity index is 1.30. The predicted molar refractivity (Wildman–Crippen MR) is 131 cm³/mol. The second-order valence-corrected chi connectivity index (χ2v) is 8.67. The van der Waals surface area contributed by atoms with Gasteiger partial charge in [-0.05, 0) is 60.9 Å². The number of oxazole rings is 1. The fourth-order valence-corrected chi connectivity index (χ4v) is 4.73. The van der Waals surface area contributed by atoms with Gasteiger partial charge in [-0.2, -0.15) is 0 Å². The Morgan fingerprint density at radius 2 is 1.76 bits per heavy atom. The number of carbonyl (C=O) groups is 1. The highest BCUT2D eigenvalue weighted by atomic mass is 16.3. The minimum absolute atomic E-state index is 0.144. The van der Waals surface area contributed by atoms with E-state index in [2.05, 4.69) is 33.5 Å². The maximum atomic E-state index is 12.9. The molecule has 0 spiro atoms. The van der Waals surface area contributed by atoms with Crippen LogP contribution in [0.25, 0.3) is 32.7 Å². The third kappa shape index (κ3) is 3.25. The van der Waals surface area contributed by atoms with E-state index in [1.807, 2.05) is 38.1 Å². The number of amides is 1. The molecule has 3 N–H and O–H groups in total. The van der Waals surface area contributed by atoms with E-state index in [1.54, 1.807) is 6.26 Å². The number of fused-ring (bicyclic) bond motifs is 8. The van der Waals surface area contributed by atoms with E-state index < -0.39 is 0 Å². The van der Waals surface area contributed by atoms with Gasteiger partial charge < -0.3 is 19.9 Å². The Morgan fingerprint density at radius 3 is 2.50 bits per heavy atom. The lowest BCUT2D eigenvalue weighted by Gasteiger charge is -2.11. The van der Waals surface area contributed by atoms with Gasteiger partial charge in [0, 0.05) is 45.8 Å². The third-order valence-corrected chi connectivity index (χ3v) is 6.42. The first kappa shape index (κ1) is 20.2. The average Bonchev–Trinajstić information content (AvgIpc) is 3.54. The van der Waals surface area contributed by atoms with Crippen molar-refractivity contribution in [2.24, 2.45) is 0 Å². The van der Waals surface area contributed by atoms with E-state index in [0.717, 1.165) is 60.8 Å². The Hall–Kier alpha value is -4.39. The van der Waals surface area contributed by atoms with Crippen molar-refractivity contribution < 1.29 is 13.6 Å². The van der Waals surface area contributed by atoms with Crippen molar-refractivity contribution in [3.63, 3.8) is 0 Å². The molecule has 0 radical (unpaired) electrons. The summed E-state index contributed by atoms with van der Waals surface area (Å²) in [4.78, 5) is 21.4. The maximum Gasteiger partial charge on any atom is 0.251 e. The van der Waals surface area contributed by atoms with Crippen molar-refractivity contribution >= 4 is 44.4 Å². The first-order valence-electron chi connectivity index (χ1n) is 11.1. The van der Waals surface area contributed by atoms with Crippen LogP contribution in [0.3, 0.4) is 0 Å². The van der Waals surface area contributed by atoms with Crippen LogP contribution in [0.5, 0.6) is 0 Å². The molecular weight excluding hydrogens is 428 g/mol. The lowest BCUT2D eigenvalue weighted by Crippen LogP contribution is -2.24. The summed E-state index contributed by atoms with van der Waals surface area (Å²) in [6, 6.07) is 13.8. The molecule has 0 aliphatic carbocycles. The fourth-order valence-electron chi connectivity index (χ4n) is 4.73. The van der Waals surface area contributed by atoms with Gasteiger partial charge in [0.2, 0.25) is 0 Å². The number of rotatable bonds is 5. The molecule has 0 aliphatic rings. The minimum atomic E-state index is -0.144. The van der Waals surface area contributed by atoms with E-state index in [4.69, 9.17) is 14.6 Å². The summed E-state index contributed by atoms with van der Waals surface area (Å²) < 4.78 is 11.2. The molecule has 4 aromatic heterocycles. The third-order valence-electron chi connectivity index (χ3n) is 6.42. The van der Waals surface area contributed by atoms with Crippen LogP contribution in [0.2, 0.25) is 0 Å². The normalized spacial score (nSPS) is 11.7. The van der Waals surface area contributed by atoms with E-state index >= 15 is 0 Å². The van der Waals surface area contributed by atoms with Crippen LogP contribution in [0.4, 0.5) is 5.82 Å². The zero-order valence-electron chi connectivity index (χ0n) is 18.8. The molecule has 0 fully saturated rings. The van der Waals surface area contributed by atoms with Gasteiger partial charge in [0.15, 0.2) is 6.39 Å². The van der Waals surface area contributed by atoms with Crippen LogP contribution in [0.15, 0.2) is 64.0 Å². The van der Waals surface area contributed by atoms with Crippen LogP contribution in [0.1, 0.15) is 38.4 Å². The fraction of sp³-hybridized carbons (Fsp3) is 0.148. The summed E-state index contributed by atoms with van der Waals surface area (Å²) in [6.07, 6.45) is 3.80. The summed E-state index contributed by atoms with van der Waals surface area (Å²) in [6.45, 7) is 4.26. The molecular formula is C27H22N4O3. The van der Waals surface area contributed by atoms with Crippen molar-refractivity contribution in [2.45, 2.75) is 26.8 Å². The molecule has 0 aliphatic heterocycles. The van der Waals surface area contributed by atoms with Crippen molar-refractivity contribution in [3.8, 4) is 0 Å². The molecule has 7 heteroatoms. The van der Waals surface area contributed by atoms with Gasteiger partial charge in [0.05, 0.1) is 5.69 Å². The van der Waals surface area contributed by atoms with E-state index in [0.29, 0.717) is 24.3 Å². The van der Waals surface area contributed by atoms with Crippen LogP contribution in [-0.2, 0) is 13.0 Å². The van der Waals surface area contributed by atoms with Crippen LogP contribution < -0.4 is 11.1 Å². The number of pyridine rings is 1. The lowest BCUT2D eigenvalue weighted by molar-refractivity contribution is 0.0951. The highest BCUT2D eigenvalue weighted by molar-refractivity contribution is 6.25. The molecule has 6 aromatic rings. The van der Waals surface area contributed by atoms with Crippen LogP contribution in [0, 0.1) is 13.8 Å². The smallest absolute Gasteiger partial charge is 0.251 e. The zero-order valence-corrected chi connectivity index (χ0v) is 18.8. The maximum absolute atomic E-state index is 12.9. The van der Waals surface area contributed by atoms with Crippen molar-refractivity contribution in [1.82, 2.24) is 15.3 Å². The minimum Gasteiger partial charge on any atom is -0.455 e. The largest absolute Gasteiger partial charge is 0.455 e. The predicted octanol–water partition coefficient (Wildman–Crippen LogP) is 5.28. The van der Waals surface area contributed by atoms with E-state index in [9.17, 15) is 4.79 Å². The molecule has 0 saturated heterocycles. The second kappa shape index (κ2) is 7.59. The average molecular weight is 450 g/mol. The lowest BCUT2D eigenvalue weighted by atomic mass is 9.99. The number of aromatic nitrogens is 2. The van der Waals surface area contributed by atoms with Gasteiger partial charge in [-0.3, -0.25) is 4.79 Å². The number of anilines is 1. The molecule has 7 nitrogen and oxygen atoms in total. The molecule has 1 amide bonds. The first-order valence-corrected chi connectivity index (χ1v) is 11.1. The molecule has 0 saturated carbocycles. The molecule has 0 atom stereocenters. The van der Waals surface area contributed by atoms with Crippen molar-refractivity contribution in [3.05, 3.63) is 88.8 Å². The molecule has 2 aromatic carbocycles. The monoisotopic (exact) mass is 450 g/mol. The topological polar surface area (TPSA) is 107 Å². The van der Waals surface area contributed by atoms with E-state index in [1.165, 1.54) is 6.39 Å². The quantitative estimate of drug-likeness (QED) is 0.346. The highest BCUT2D eigenvalue weighted by Crippen LogP contribution is 2.41. The Kier molecular flexibility index (Phi) is 4.52. The van der Waals surface area contributed by atoms with E-state index in [-0.39, 0.29) is 5.91 Å². The van der Waals surface area contributed by atoms with Crippen LogP contribution >= 0.6 is 0 Å². The molecule has 168 valence electrons. The van der Waals surface area contributed by atoms with Gasteiger partial charge in [0.1, 0.15) is 23.2 Å². The molecule has 6 rings (SSSR count). The number of nitrogens with one attached hydrogen (secondary N) is 1. The van der Waals surface area contributed by atoms with Crippen molar-refractivity contribution in [1.29, 1.82) is 0 Å². The van der Waals surface area contributed by atoms with Gasteiger partial charge >= 0.3 is 0 Å². The van der Waals surface area contributed by atoms with Crippen LogP contribution in [-0.4, -0.2) is 15.9 Å². The number of nitrogen functional groups attached to an aromatic ring is 1. The number of aryl methyl sites for hydroxylation is 2. The Bertz CT molecular complexity index is 1660. The summed E-state index contributed by atoms with van der Waals surface area (Å²) in [5.74, 6) is 0.341. The summed E-state index contributed by atoms with van der Waals surface area (Å²) in [5.41, 5.74) is 12.9. The van der Waals surface area contributed by atoms with Gasteiger partial charge in [-0.15, -0.1) is 0 Å².